The number of methoxy groups -OCH3 is 1. The summed E-state index contributed by atoms with van der Waals surface area (Å²) in [5, 5.41) is 3.51. The molecule has 0 radical (unpaired) electrons. The van der Waals surface area contributed by atoms with Crippen LogP contribution < -0.4 is 9.62 Å². The molecule has 0 unspecified atom stereocenters. The van der Waals surface area contributed by atoms with E-state index in [4.69, 9.17) is 27.9 Å². The van der Waals surface area contributed by atoms with Gasteiger partial charge in [-0.2, -0.15) is 0 Å². The fourth-order valence-electron chi connectivity index (χ4n) is 3.94. The zero-order valence-corrected chi connectivity index (χ0v) is 21.9. The van der Waals surface area contributed by atoms with Gasteiger partial charge in [-0.15, -0.1) is 11.3 Å². The predicted molar refractivity (Wildman–Crippen MR) is 138 cm³/mol. The molecule has 0 aliphatic heterocycles. The summed E-state index contributed by atoms with van der Waals surface area (Å²) in [4.78, 5) is 26.7. The van der Waals surface area contributed by atoms with Crippen molar-refractivity contribution in [2.24, 2.45) is 0 Å². The minimum Gasteiger partial charge on any atom is -0.465 e. The van der Waals surface area contributed by atoms with Crippen LogP contribution in [0.2, 0.25) is 10.0 Å². The van der Waals surface area contributed by atoms with Gasteiger partial charge in [0, 0.05) is 4.88 Å². The van der Waals surface area contributed by atoms with Crippen molar-refractivity contribution in [3.8, 4) is 0 Å². The minimum absolute atomic E-state index is 0.0145. The van der Waals surface area contributed by atoms with Gasteiger partial charge in [0.15, 0.2) is 0 Å². The van der Waals surface area contributed by atoms with Gasteiger partial charge >= 0.3 is 5.97 Å². The van der Waals surface area contributed by atoms with Crippen molar-refractivity contribution in [1.82, 2.24) is 0 Å². The number of hydrogen-bond acceptors (Lipinski definition) is 6. The topological polar surface area (TPSA) is 92.8 Å². The summed E-state index contributed by atoms with van der Waals surface area (Å²) in [6.07, 6.45) is 3.49. The quantitative estimate of drug-likeness (QED) is 0.387. The van der Waals surface area contributed by atoms with Gasteiger partial charge < -0.3 is 10.1 Å². The Bertz CT molecular complexity index is 1370. The number of ether oxygens (including phenoxy) is 1. The monoisotopic (exact) mass is 552 g/mol. The van der Waals surface area contributed by atoms with Gasteiger partial charge in [-0.05, 0) is 61.6 Å². The maximum Gasteiger partial charge on any atom is 0.341 e. The molecular weight excluding hydrogens is 531 g/mol. The Morgan fingerprint density at radius 1 is 1.06 bits per heavy atom. The Morgan fingerprint density at radius 2 is 1.77 bits per heavy atom. The summed E-state index contributed by atoms with van der Waals surface area (Å²) in [7, 11) is -2.83. The van der Waals surface area contributed by atoms with Crippen molar-refractivity contribution >= 4 is 67.1 Å². The first-order valence-electron chi connectivity index (χ1n) is 10.8. The van der Waals surface area contributed by atoms with Gasteiger partial charge in [-0.3, -0.25) is 9.10 Å². The maximum absolute atomic E-state index is 13.5. The average molecular weight is 553 g/mol. The Kier molecular flexibility index (Phi) is 7.70. The number of hydrogen-bond donors (Lipinski definition) is 1. The van der Waals surface area contributed by atoms with Crippen LogP contribution in [0.15, 0.2) is 53.4 Å². The van der Waals surface area contributed by atoms with Crippen LogP contribution >= 0.6 is 34.5 Å². The Labute approximate surface area is 217 Å². The molecule has 3 aromatic rings. The van der Waals surface area contributed by atoms with E-state index in [0.29, 0.717) is 10.6 Å². The Hall–Kier alpha value is -2.59. The van der Waals surface area contributed by atoms with E-state index >= 15 is 0 Å². The first kappa shape index (κ1) is 25.5. The minimum atomic E-state index is -4.12. The lowest BCUT2D eigenvalue weighted by Gasteiger charge is -2.24. The highest BCUT2D eigenvalue weighted by molar-refractivity contribution is 7.92. The van der Waals surface area contributed by atoms with E-state index in [1.165, 1.54) is 48.8 Å². The smallest absolute Gasteiger partial charge is 0.341 e. The van der Waals surface area contributed by atoms with Crippen molar-refractivity contribution in [2.45, 2.75) is 30.6 Å². The molecule has 1 aliphatic carbocycles. The van der Waals surface area contributed by atoms with E-state index in [1.807, 2.05) is 0 Å². The zero-order chi connectivity index (χ0) is 25.2. The van der Waals surface area contributed by atoms with Crippen LogP contribution in [0.25, 0.3) is 0 Å². The Morgan fingerprint density at radius 3 is 2.46 bits per heavy atom. The van der Waals surface area contributed by atoms with E-state index in [1.54, 1.807) is 18.2 Å². The number of fused-ring (bicyclic) bond motifs is 1. The number of carbonyl (C=O) groups excluding carboxylic acids is 2. The largest absolute Gasteiger partial charge is 0.465 e. The molecule has 0 saturated carbocycles. The first-order chi connectivity index (χ1) is 16.7. The van der Waals surface area contributed by atoms with Crippen molar-refractivity contribution < 1.29 is 22.7 Å². The number of rotatable bonds is 7. The Balaban J connectivity index is 1.69. The zero-order valence-electron chi connectivity index (χ0n) is 18.7. The number of aryl methyl sites for hydroxylation is 1. The number of thiophene rings is 1. The molecular formula is C24H22Cl2N2O5S2. The van der Waals surface area contributed by atoms with Gasteiger partial charge in [0.25, 0.3) is 10.0 Å². The van der Waals surface area contributed by atoms with E-state index in [2.05, 4.69) is 5.32 Å². The highest BCUT2D eigenvalue weighted by Gasteiger charge is 2.30. The van der Waals surface area contributed by atoms with E-state index < -0.39 is 28.4 Å². The number of carbonyl (C=O) groups is 2. The van der Waals surface area contributed by atoms with Gasteiger partial charge in [-0.25, -0.2) is 13.2 Å². The molecule has 35 heavy (non-hydrogen) atoms. The molecule has 11 heteroatoms. The molecule has 7 nitrogen and oxygen atoms in total. The van der Waals surface area contributed by atoms with Crippen LogP contribution in [0.3, 0.4) is 0 Å². The lowest BCUT2D eigenvalue weighted by Crippen LogP contribution is -2.38. The fraction of sp³-hybridized carbons (Fsp3) is 0.250. The second-order valence-electron chi connectivity index (χ2n) is 7.88. The molecule has 1 aliphatic rings. The summed E-state index contributed by atoms with van der Waals surface area (Å²) < 4.78 is 32.9. The van der Waals surface area contributed by atoms with Gasteiger partial charge in [0.2, 0.25) is 5.91 Å². The third-order valence-electron chi connectivity index (χ3n) is 5.62. The summed E-state index contributed by atoms with van der Waals surface area (Å²) in [6, 6.07) is 12.1. The van der Waals surface area contributed by atoms with Crippen molar-refractivity contribution in [3.63, 3.8) is 0 Å². The van der Waals surface area contributed by atoms with Crippen molar-refractivity contribution in [2.75, 3.05) is 23.3 Å². The lowest BCUT2D eigenvalue weighted by molar-refractivity contribution is -0.114. The van der Waals surface area contributed by atoms with Crippen LogP contribution in [0, 0.1) is 0 Å². The molecule has 0 fully saturated rings. The van der Waals surface area contributed by atoms with Crippen LogP contribution in [-0.2, 0) is 32.4 Å². The van der Waals surface area contributed by atoms with Gasteiger partial charge in [0.05, 0.1) is 33.3 Å². The van der Waals surface area contributed by atoms with Gasteiger partial charge in [-0.1, -0.05) is 41.4 Å². The highest BCUT2D eigenvalue weighted by atomic mass is 35.5. The van der Waals surface area contributed by atoms with Crippen LogP contribution in [0.1, 0.15) is 33.6 Å². The maximum atomic E-state index is 13.5. The number of amides is 1. The van der Waals surface area contributed by atoms with Crippen LogP contribution in [0.5, 0.6) is 0 Å². The third kappa shape index (κ3) is 5.33. The number of benzene rings is 2. The molecule has 2 aromatic carbocycles. The summed E-state index contributed by atoms with van der Waals surface area (Å²) in [5.74, 6) is -1.14. The van der Waals surface area contributed by atoms with E-state index in [-0.39, 0.29) is 20.6 Å². The number of sulfonamides is 1. The first-order valence-corrected chi connectivity index (χ1v) is 13.8. The average Bonchev–Trinajstić information content (AvgIpc) is 3.22. The molecule has 1 aromatic heterocycles. The van der Waals surface area contributed by atoms with Crippen molar-refractivity contribution in [1.29, 1.82) is 0 Å². The summed E-state index contributed by atoms with van der Waals surface area (Å²) in [5.41, 5.74) is 1.41. The summed E-state index contributed by atoms with van der Waals surface area (Å²) in [6.45, 7) is -0.543. The molecule has 0 spiro atoms. The lowest BCUT2D eigenvalue weighted by atomic mass is 9.95. The molecule has 4 rings (SSSR count). The van der Waals surface area contributed by atoms with Crippen LogP contribution in [0.4, 0.5) is 10.7 Å². The number of halogens is 2. The number of anilines is 2. The molecule has 1 heterocycles. The SMILES string of the molecule is COC(=O)c1c(NC(=O)CN(c2ccc(Cl)c(Cl)c2)S(=O)(=O)c2ccccc2)sc2c1CCCC2. The predicted octanol–water partition coefficient (Wildman–Crippen LogP) is 5.55. The molecule has 0 atom stereocenters. The van der Waals surface area contributed by atoms with E-state index in [9.17, 15) is 18.0 Å². The summed E-state index contributed by atoms with van der Waals surface area (Å²) >= 11 is 13.5. The molecule has 0 saturated heterocycles. The molecule has 0 bridgehead atoms. The highest BCUT2D eigenvalue weighted by Crippen LogP contribution is 2.39. The number of esters is 1. The second kappa shape index (κ2) is 10.6. The second-order valence-corrected chi connectivity index (χ2v) is 11.7. The van der Waals surface area contributed by atoms with Crippen molar-refractivity contribution in [3.05, 3.63) is 74.6 Å². The van der Waals surface area contributed by atoms with E-state index in [0.717, 1.165) is 40.4 Å². The molecule has 184 valence electrons. The normalized spacial score (nSPS) is 13.1. The number of nitrogens with one attached hydrogen (secondary N) is 1. The molecule has 1 N–H and O–H groups in total. The fourth-order valence-corrected chi connectivity index (χ4v) is 6.96. The molecule has 1 amide bonds. The standard InChI is InChI=1S/C24H22Cl2N2O5S2/c1-33-24(30)22-17-9-5-6-10-20(17)34-23(22)27-21(29)14-28(15-11-12-18(25)19(26)13-15)35(31,32)16-7-3-2-4-8-16/h2-4,7-8,11-13H,5-6,9-10,14H2,1H3,(H,27,29). The number of nitrogens with zero attached hydrogens (tertiary/aromatic N) is 1. The third-order valence-corrected chi connectivity index (χ3v) is 9.36. The van der Waals surface area contributed by atoms with Gasteiger partial charge in [0.1, 0.15) is 11.5 Å². The van der Waals surface area contributed by atoms with Crippen LogP contribution in [-0.4, -0.2) is 33.9 Å².